The summed E-state index contributed by atoms with van der Waals surface area (Å²) >= 11 is 0. The van der Waals surface area contributed by atoms with Gasteiger partial charge >= 0.3 is 12.1 Å². The van der Waals surface area contributed by atoms with E-state index in [1.165, 1.54) is 0 Å². The van der Waals surface area contributed by atoms with E-state index in [1.54, 1.807) is 32.9 Å². The number of hydrogen-bond acceptors (Lipinski definition) is 10. The van der Waals surface area contributed by atoms with Crippen LogP contribution >= 0.6 is 0 Å². The molecule has 326 valence electrons. The largest absolute Gasteiger partial charge is 0.459 e. The number of ether oxygens (including phenoxy) is 7. The molecule has 3 unspecified atom stereocenters. The van der Waals surface area contributed by atoms with E-state index < -0.39 is 66.7 Å². The van der Waals surface area contributed by atoms with Crippen molar-refractivity contribution in [1.29, 1.82) is 0 Å². The van der Waals surface area contributed by atoms with E-state index >= 15 is 0 Å². The molecule has 62 heavy (non-hydrogen) atoms. The van der Waals surface area contributed by atoms with Crippen molar-refractivity contribution in [2.24, 2.45) is 0 Å². The van der Waals surface area contributed by atoms with Crippen molar-refractivity contribution in [2.45, 2.75) is 103 Å². The molecule has 0 saturated carbocycles. The minimum atomic E-state index is -1.40. The van der Waals surface area contributed by atoms with Gasteiger partial charge in [0.15, 0.2) is 6.23 Å². The topological polar surface area (TPSA) is 140 Å². The Morgan fingerprint density at radius 2 is 0.984 bits per heavy atom. The first-order chi connectivity index (χ1) is 30.1. The fraction of sp³-hybridized carbons (Fsp3) is 0.340. The number of amides is 2. The zero-order valence-corrected chi connectivity index (χ0v) is 35.4. The van der Waals surface area contributed by atoms with Gasteiger partial charge in [0.2, 0.25) is 5.91 Å². The molecule has 0 bridgehead atoms. The van der Waals surface area contributed by atoms with Crippen LogP contribution in [0.2, 0.25) is 0 Å². The van der Waals surface area contributed by atoms with Gasteiger partial charge in [0, 0.05) is 0 Å². The number of carbonyl (C=O) groups is 3. The first-order valence-corrected chi connectivity index (χ1v) is 20.8. The van der Waals surface area contributed by atoms with Crippen LogP contribution in [0.15, 0.2) is 152 Å². The van der Waals surface area contributed by atoms with Crippen molar-refractivity contribution in [2.75, 3.05) is 6.61 Å². The van der Waals surface area contributed by atoms with Crippen LogP contribution in [0.25, 0.3) is 0 Å². The normalized spacial score (nSPS) is 19.2. The van der Waals surface area contributed by atoms with Crippen molar-refractivity contribution in [3.63, 3.8) is 0 Å². The van der Waals surface area contributed by atoms with Gasteiger partial charge in [-0.05, 0) is 48.6 Å². The summed E-state index contributed by atoms with van der Waals surface area (Å²) in [6.07, 6.45) is -5.76. The summed E-state index contributed by atoms with van der Waals surface area (Å²) in [4.78, 5) is 40.8. The third-order valence-electron chi connectivity index (χ3n) is 9.78. The summed E-state index contributed by atoms with van der Waals surface area (Å²) in [5.41, 5.74) is 3.59. The van der Waals surface area contributed by atoms with Crippen molar-refractivity contribution < 1.29 is 47.5 Å². The molecule has 1 aliphatic heterocycles. The van der Waals surface area contributed by atoms with Crippen LogP contribution in [0.1, 0.15) is 55.0 Å². The predicted molar refractivity (Wildman–Crippen MR) is 232 cm³/mol. The molecule has 12 nitrogen and oxygen atoms in total. The first-order valence-electron chi connectivity index (χ1n) is 20.8. The molecule has 1 aliphatic rings. The maximum atomic E-state index is 14.2. The average molecular weight is 845 g/mol. The van der Waals surface area contributed by atoms with Crippen LogP contribution in [-0.4, -0.2) is 66.9 Å². The molecule has 2 amide bonds. The van der Waals surface area contributed by atoms with E-state index in [1.807, 2.05) is 140 Å². The third kappa shape index (κ3) is 14.9. The van der Waals surface area contributed by atoms with Gasteiger partial charge in [-0.2, -0.15) is 0 Å². The molecule has 5 aromatic rings. The Balaban J connectivity index is 1.29. The Bertz CT molecular complexity index is 2090. The Hall–Kier alpha value is -5.89. The highest BCUT2D eigenvalue weighted by molar-refractivity contribution is 5.88. The summed E-state index contributed by atoms with van der Waals surface area (Å²) in [5.74, 6) is -1.45. The fourth-order valence-electron chi connectivity index (χ4n) is 6.78. The number of rotatable bonds is 20. The first kappa shape index (κ1) is 45.6. The van der Waals surface area contributed by atoms with E-state index in [0.29, 0.717) is 6.61 Å². The molecule has 5 aromatic carbocycles. The lowest BCUT2D eigenvalue weighted by Gasteiger charge is -2.46. The SMILES string of the molecule is CC(C)(C)OC(=O)N[C@@H](CC(=O)N[C@@H]1OC(COCc2ccccc2)[C@@H](OCc2ccccc2)C(OCc2ccccc2)C1OCc1ccccc1)C(=O)OCc1ccccc1. The molecular formula is C50H56N2O10. The van der Waals surface area contributed by atoms with E-state index in [4.69, 9.17) is 33.2 Å². The summed E-state index contributed by atoms with van der Waals surface area (Å²) in [6, 6.07) is 46.6. The molecule has 2 N–H and O–H groups in total. The van der Waals surface area contributed by atoms with Gasteiger partial charge < -0.3 is 43.8 Å². The Labute approximate surface area is 363 Å². The maximum Gasteiger partial charge on any atom is 0.408 e. The van der Waals surface area contributed by atoms with E-state index in [0.717, 1.165) is 27.8 Å². The summed E-state index contributed by atoms with van der Waals surface area (Å²) < 4.78 is 44.3. The molecule has 1 fully saturated rings. The smallest absolute Gasteiger partial charge is 0.408 e. The second kappa shape index (κ2) is 23.4. The molecule has 12 heteroatoms. The lowest BCUT2D eigenvalue weighted by atomic mass is 9.96. The van der Waals surface area contributed by atoms with Crippen LogP contribution in [-0.2, 0) is 75.8 Å². The molecule has 6 atom stereocenters. The molecule has 1 heterocycles. The van der Waals surface area contributed by atoms with Gasteiger partial charge in [0.25, 0.3) is 0 Å². The number of esters is 1. The van der Waals surface area contributed by atoms with Gasteiger partial charge in [-0.1, -0.05) is 152 Å². The lowest BCUT2D eigenvalue weighted by molar-refractivity contribution is -0.277. The van der Waals surface area contributed by atoms with E-state index in [-0.39, 0.29) is 33.0 Å². The molecular weight excluding hydrogens is 789 g/mol. The van der Waals surface area contributed by atoms with Gasteiger partial charge in [-0.25, -0.2) is 9.59 Å². The molecule has 1 saturated heterocycles. The summed E-state index contributed by atoms with van der Waals surface area (Å²) in [5, 5.41) is 5.51. The number of carbonyl (C=O) groups excluding carboxylic acids is 3. The van der Waals surface area contributed by atoms with Crippen molar-refractivity contribution in [3.05, 3.63) is 179 Å². The maximum absolute atomic E-state index is 14.2. The van der Waals surface area contributed by atoms with Crippen molar-refractivity contribution in [1.82, 2.24) is 10.6 Å². The lowest BCUT2D eigenvalue weighted by Crippen LogP contribution is -2.65. The zero-order valence-electron chi connectivity index (χ0n) is 35.4. The van der Waals surface area contributed by atoms with Crippen LogP contribution in [0.4, 0.5) is 4.79 Å². The summed E-state index contributed by atoms with van der Waals surface area (Å²) in [6.45, 7) is 6.01. The van der Waals surface area contributed by atoms with Gasteiger partial charge in [0.1, 0.15) is 42.7 Å². The number of nitrogens with one attached hydrogen (secondary N) is 2. The molecule has 0 aliphatic carbocycles. The summed E-state index contributed by atoms with van der Waals surface area (Å²) in [7, 11) is 0. The highest BCUT2D eigenvalue weighted by Crippen LogP contribution is 2.30. The van der Waals surface area contributed by atoms with Gasteiger partial charge in [-0.15, -0.1) is 0 Å². The average Bonchev–Trinajstić information content (AvgIpc) is 3.27. The Morgan fingerprint density at radius 1 is 0.565 bits per heavy atom. The molecule has 0 radical (unpaired) electrons. The van der Waals surface area contributed by atoms with Gasteiger partial charge in [0.05, 0.1) is 39.5 Å². The standard InChI is InChI=1S/C50H56N2O10/c1-50(2,3)62-49(55)51-41(48(54)60-34-40-27-17-8-18-28-40)29-43(53)52-47-46(59-33-39-25-15-7-16-26-39)45(58-32-38-23-13-6-14-24-38)44(57-31-37-21-11-5-12-22-37)42(61-47)35-56-30-36-19-9-4-10-20-36/h4-28,41-42,44-47H,29-35H2,1-3H3,(H,51,55)(H,52,53)/t41-,42?,44+,45?,46?,47+/m0/s1. The monoisotopic (exact) mass is 844 g/mol. The Morgan fingerprint density at radius 3 is 1.45 bits per heavy atom. The van der Waals surface area contributed by atoms with E-state index in [9.17, 15) is 14.4 Å². The van der Waals surface area contributed by atoms with E-state index in [2.05, 4.69) is 10.6 Å². The highest BCUT2D eigenvalue weighted by atomic mass is 16.6. The molecule has 0 aromatic heterocycles. The molecule has 6 rings (SSSR count). The number of benzene rings is 5. The highest BCUT2D eigenvalue weighted by Gasteiger charge is 2.49. The minimum absolute atomic E-state index is 0.0651. The van der Waals surface area contributed by atoms with Crippen molar-refractivity contribution in [3.8, 4) is 0 Å². The predicted octanol–water partition coefficient (Wildman–Crippen LogP) is 7.83. The second-order valence-corrected chi connectivity index (χ2v) is 15.9. The van der Waals surface area contributed by atoms with Crippen LogP contribution < -0.4 is 10.6 Å². The van der Waals surface area contributed by atoms with Crippen LogP contribution in [0.5, 0.6) is 0 Å². The third-order valence-corrected chi connectivity index (χ3v) is 9.78. The van der Waals surface area contributed by atoms with Crippen LogP contribution in [0, 0.1) is 0 Å². The number of alkyl carbamates (subject to hydrolysis) is 1. The quantitative estimate of drug-likeness (QED) is 0.0746. The van der Waals surface area contributed by atoms with Gasteiger partial charge in [-0.3, -0.25) is 4.79 Å². The molecule has 0 spiro atoms. The minimum Gasteiger partial charge on any atom is -0.459 e. The van der Waals surface area contributed by atoms with Crippen LogP contribution in [0.3, 0.4) is 0 Å². The zero-order chi connectivity index (χ0) is 43.6. The second-order valence-electron chi connectivity index (χ2n) is 15.9. The number of hydrogen-bond donors (Lipinski definition) is 2. The van der Waals surface area contributed by atoms with Crippen molar-refractivity contribution >= 4 is 18.0 Å². The fourth-order valence-corrected chi connectivity index (χ4v) is 6.78. The Kier molecular flexibility index (Phi) is 17.2.